The Kier molecular flexibility index (Phi) is 14.6. The summed E-state index contributed by atoms with van der Waals surface area (Å²) in [6.07, 6.45) is 13.9. The first kappa shape index (κ1) is 31.6. The second-order valence-corrected chi connectivity index (χ2v) is 8.16. The number of allylic oxidation sites excluding steroid dienone is 4. The van der Waals surface area contributed by atoms with Gasteiger partial charge >= 0.3 is 0 Å². The summed E-state index contributed by atoms with van der Waals surface area (Å²) in [7, 11) is 2.03. The van der Waals surface area contributed by atoms with Crippen LogP contribution in [0.2, 0.25) is 0 Å². The second kappa shape index (κ2) is 17.1. The molecule has 0 unspecified atom stereocenters. The van der Waals surface area contributed by atoms with E-state index in [4.69, 9.17) is 0 Å². The molecule has 200 valence electrons. The van der Waals surface area contributed by atoms with E-state index in [1.807, 2.05) is 91.3 Å². The minimum atomic E-state index is 0.591. The third-order valence-electron chi connectivity index (χ3n) is 6.11. The zero-order valence-electron chi connectivity index (χ0n) is 24.1. The number of piperidine rings is 1. The highest BCUT2D eigenvalue weighted by Crippen LogP contribution is 2.22. The zero-order chi connectivity index (χ0) is 27.8. The zero-order valence-corrected chi connectivity index (χ0v) is 24.1. The van der Waals surface area contributed by atoms with Gasteiger partial charge in [0.05, 0.1) is 0 Å². The summed E-state index contributed by atoms with van der Waals surface area (Å²) in [6, 6.07) is 6.69. The van der Waals surface area contributed by atoms with Gasteiger partial charge in [0.1, 0.15) is 11.6 Å². The van der Waals surface area contributed by atoms with E-state index in [1.165, 1.54) is 0 Å². The normalized spacial score (nSPS) is 14.7. The number of anilines is 2. The number of aromatic nitrogens is 2. The third kappa shape index (κ3) is 9.18. The Morgan fingerprint density at radius 1 is 1.03 bits per heavy atom. The minimum absolute atomic E-state index is 0.591. The summed E-state index contributed by atoms with van der Waals surface area (Å²) in [5.74, 6) is 1.72. The lowest BCUT2D eigenvalue weighted by Crippen LogP contribution is -2.41. The van der Waals surface area contributed by atoms with Crippen LogP contribution >= 0.6 is 0 Å². The van der Waals surface area contributed by atoms with Crippen LogP contribution in [0.3, 0.4) is 0 Å². The van der Waals surface area contributed by atoms with Crippen molar-refractivity contribution in [3.63, 3.8) is 0 Å². The van der Waals surface area contributed by atoms with E-state index < -0.39 is 0 Å². The Hall–Kier alpha value is -3.44. The lowest BCUT2D eigenvalue weighted by Gasteiger charge is -2.32. The minimum Gasteiger partial charge on any atom is -0.356 e. The van der Waals surface area contributed by atoms with Crippen LogP contribution in [0.5, 0.6) is 0 Å². The van der Waals surface area contributed by atoms with Crippen molar-refractivity contribution in [2.24, 2.45) is 0 Å². The molecule has 3 heterocycles. The highest BCUT2D eigenvalue weighted by atomic mass is 15.2. The average Bonchev–Trinajstić information content (AvgIpc) is 2.96. The van der Waals surface area contributed by atoms with Crippen LogP contribution in [0.25, 0.3) is 17.8 Å². The summed E-state index contributed by atoms with van der Waals surface area (Å²) in [6.45, 7) is 26.3. The predicted octanol–water partition coefficient (Wildman–Crippen LogP) is 6.07. The summed E-state index contributed by atoms with van der Waals surface area (Å²) in [5, 5.41) is 8.82. The van der Waals surface area contributed by atoms with Crippen molar-refractivity contribution in [3.8, 4) is 0 Å². The third-order valence-corrected chi connectivity index (χ3v) is 6.11. The summed E-state index contributed by atoms with van der Waals surface area (Å²) in [4.78, 5) is 11.5. The van der Waals surface area contributed by atoms with E-state index >= 15 is 0 Å². The molecule has 2 aromatic heterocycles. The summed E-state index contributed by atoms with van der Waals surface area (Å²) < 4.78 is 0. The van der Waals surface area contributed by atoms with E-state index in [9.17, 15) is 0 Å². The summed E-state index contributed by atoms with van der Waals surface area (Å²) >= 11 is 0. The van der Waals surface area contributed by atoms with Gasteiger partial charge in [0.15, 0.2) is 0 Å². The van der Waals surface area contributed by atoms with Gasteiger partial charge in [-0.15, -0.1) is 0 Å². The molecule has 3 rings (SSSR count). The first-order chi connectivity index (χ1) is 18.0. The highest BCUT2D eigenvalue weighted by Gasteiger charge is 2.19. The van der Waals surface area contributed by atoms with Gasteiger partial charge in [-0.2, -0.15) is 0 Å². The van der Waals surface area contributed by atoms with Crippen molar-refractivity contribution in [2.75, 3.05) is 30.4 Å². The Balaban J connectivity index is 0.00000163. The molecule has 1 fully saturated rings. The first-order valence-electron chi connectivity index (χ1n) is 13.5. The maximum atomic E-state index is 4.59. The number of hydrogen-bond acceptors (Lipinski definition) is 5. The Morgan fingerprint density at radius 3 is 2.27 bits per heavy atom. The summed E-state index contributed by atoms with van der Waals surface area (Å²) in [5.41, 5.74) is 3.71. The van der Waals surface area contributed by atoms with Gasteiger partial charge < -0.3 is 15.5 Å². The topological polar surface area (TPSA) is 53.1 Å². The second-order valence-electron chi connectivity index (χ2n) is 8.16. The number of rotatable bonds is 8. The van der Waals surface area contributed by atoms with E-state index in [-0.39, 0.29) is 0 Å². The smallest absolute Gasteiger partial charge is 0.130 e. The predicted molar refractivity (Wildman–Crippen MR) is 165 cm³/mol. The fraction of sp³-hybridized carbons (Fsp3) is 0.375. The monoisotopic (exact) mass is 501 g/mol. The van der Waals surface area contributed by atoms with Crippen molar-refractivity contribution in [1.29, 1.82) is 0 Å². The Bertz CT molecular complexity index is 1170. The van der Waals surface area contributed by atoms with Crippen molar-refractivity contribution >= 4 is 29.5 Å². The van der Waals surface area contributed by atoms with Gasteiger partial charge in [-0.05, 0) is 79.6 Å². The molecule has 0 radical (unpaired) electrons. The molecule has 37 heavy (non-hydrogen) atoms. The van der Waals surface area contributed by atoms with Gasteiger partial charge in [-0.25, -0.2) is 9.97 Å². The Labute approximate surface area is 225 Å². The number of pyridine rings is 2. The van der Waals surface area contributed by atoms with Crippen molar-refractivity contribution in [3.05, 3.63) is 89.6 Å². The Morgan fingerprint density at radius 2 is 1.70 bits per heavy atom. The lowest BCUT2D eigenvalue weighted by atomic mass is 10.1. The molecular weight excluding hydrogens is 454 g/mol. The van der Waals surface area contributed by atoms with E-state index in [0.717, 1.165) is 70.4 Å². The SMILES string of the molecule is C=C/C(=C\C)C(=C)/C=c1/cc(NC(=C)c2ccnc(N3CCC(NC)CC3)c2)nc/c1=C/C.CC.CC. The fourth-order valence-corrected chi connectivity index (χ4v) is 4.02. The standard InChI is InChI=1S/C28H35N5.2C2H6/c1-7-22(8-2)20(4)16-25-17-27(31-19-23(25)9-3)32-21(5)24-10-13-30-28(18-24)33-14-11-26(29-6)12-15-33;2*1-2/h7-10,13,16-19,26,29,32H,1,4-5,11-12,14-15H2,2-3,6H3;2*1-2H3/b22-8+,23-9-,25-16-;;. The molecule has 0 bridgehead atoms. The number of nitrogens with one attached hydrogen (secondary N) is 2. The van der Waals surface area contributed by atoms with Gasteiger partial charge in [0, 0.05) is 42.8 Å². The van der Waals surface area contributed by atoms with E-state index in [1.54, 1.807) is 0 Å². The molecule has 0 aromatic carbocycles. The van der Waals surface area contributed by atoms with Crippen LogP contribution in [0.15, 0.2) is 73.6 Å². The fourth-order valence-electron chi connectivity index (χ4n) is 4.02. The van der Waals surface area contributed by atoms with Gasteiger partial charge in [0.2, 0.25) is 0 Å². The molecule has 0 aliphatic carbocycles. The molecule has 0 amide bonds. The number of hydrogen-bond donors (Lipinski definition) is 2. The molecule has 1 saturated heterocycles. The molecule has 1 aliphatic heterocycles. The first-order valence-corrected chi connectivity index (χ1v) is 13.5. The molecule has 5 nitrogen and oxygen atoms in total. The quantitative estimate of drug-likeness (QED) is 0.430. The maximum absolute atomic E-state index is 4.59. The number of nitrogens with zero attached hydrogens (tertiary/aromatic N) is 3. The van der Waals surface area contributed by atoms with Crippen LogP contribution in [0, 0.1) is 0 Å². The van der Waals surface area contributed by atoms with Crippen LogP contribution in [-0.4, -0.2) is 36.1 Å². The van der Waals surface area contributed by atoms with Gasteiger partial charge in [0.25, 0.3) is 0 Å². The van der Waals surface area contributed by atoms with Crippen LogP contribution in [-0.2, 0) is 0 Å². The molecule has 1 aliphatic rings. The van der Waals surface area contributed by atoms with Crippen LogP contribution < -0.4 is 26.0 Å². The molecule has 0 saturated carbocycles. The van der Waals surface area contributed by atoms with Gasteiger partial charge in [-0.3, -0.25) is 0 Å². The van der Waals surface area contributed by atoms with Crippen molar-refractivity contribution in [2.45, 2.75) is 60.4 Å². The lowest BCUT2D eigenvalue weighted by molar-refractivity contribution is 0.441. The molecule has 2 N–H and O–H groups in total. The van der Waals surface area contributed by atoms with Crippen molar-refractivity contribution in [1.82, 2.24) is 15.3 Å². The highest BCUT2D eigenvalue weighted by molar-refractivity contribution is 5.75. The van der Waals surface area contributed by atoms with E-state index in [0.29, 0.717) is 6.04 Å². The van der Waals surface area contributed by atoms with Crippen molar-refractivity contribution < 1.29 is 0 Å². The largest absolute Gasteiger partial charge is 0.356 e. The van der Waals surface area contributed by atoms with E-state index in [2.05, 4.69) is 57.4 Å². The molecule has 0 atom stereocenters. The molecule has 0 spiro atoms. The van der Waals surface area contributed by atoms with Gasteiger partial charge in [-0.1, -0.05) is 65.7 Å². The molecular formula is C32H47N5. The molecule has 5 heteroatoms. The maximum Gasteiger partial charge on any atom is 0.130 e. The van der Waals surface area contributed by atoms with Crippen LogP contribution in [0.4, 0.5) is 11.6 Å². The average molecular weight is 502 g/mol. The molecule has 2 aromatic rings. The van der Waals surface area contributed by atoms with Crippen LogP contribution in [0.1, 0.15) is 59.9 Å².